The van der Waals surface area contributed by atoms with Crippen molar-refractivity contribution in [3.8, 4) is 5.69 Å². The van der Waals surface area contributed by atoms with E-state index in [1.165, 1.54) is 0 Å². The Kier molecular flexibility index (Phi) is 4.30. The topological polar surface area (TPSA) is 84.8 Å². The van der Waals surface area contributed by atoms with Crippen LogP contribution in [-0.4, -0.2) is 39.1 Å². The Balaban J connectivity index is 1.47. The SMILES string of the molecule is O=C(Nc1cc(C2CCOCC2)[nH]n1)c1cccc(-n2cccn2)c1. The highest BCUT2D eigenvalue weighted by Gasteiger charge is 2.19. The first kappa shape index (κ1) is 15.6. The Labute approximate surface area is 145 Å². The molecule has 7 nitrogen and oxygen atoms in total. The molecule has 0 unspecified atom stereocenters. The Morgan fingerprint density at radius 3 is 2.92 bits per heavy atom. The maximum Gasteiger partial charge on any atom is 0.256 e. The van der Waals surface area contributed by atoms with Crippen LogP contribution in [-0.2, 0) is 4.74 Å². The maximum absolute atomic E-state index is 12.5. The lowest BCUT2D eigenvalue weighted by molar-refractivity contribution is 0.0845. The Hall–Kier alpha value is -2.93. The van der Waals surface area contributed by atoms with Crippen molar-refractivity contribution in [1.82, 2.24) is 20.0 Å². The Bertz CT molecular complexity index is 850. The number of carbonyl (C=O) groups excluding carboxylic acids is 1. The van der Waals surface area contributed by atoms with Crippen molar-refractivity contribution in [1.29, 1.82) is 0 Å². The van der Waals surface area contributed by atoms with Gasteiger partial charge in [0.25, 0.3) is 5.91 Å². The molecule has 128 valence electrons. The highest BCUT2D eigenvalue weighted by molar-refractivity contribution is 6.04. The summed E-state index contributed by atoms with van der Waals surface area (Å²) in [6, 6.07) is 11.1. The fourth-order valence-electron chi connectivity index (χ4n) is 3.02. The van der Waals surface area contributed by atoms with Gasteiger partial charge in [0.1, 0.15) is 0 Å². The number of H-pyrrole nitrogens is 1. The molecule has 0 saturated carbocycles. The molecule has 7 heteroatoms. The van der Waals surface area contributed by atoms with E-state index in [1.807, 2.05) is 30.5 Å². The molecule has 0 radical (unpaired) electrons. The summed E-state index contributed by atoms with van der Waals surface area (Å²) in [7, 11) is 0. The largest absolute Gasteiger partial charge is 0.381 e. The highest BCUT2D eigenvalue weighted by atomic mass is 16.5. The molecule has 3 heterocycles. The molecule has 4 rings (SSSR count). The highest BCUT2D eigenvalue weighted by Crippen LogP contribution is 2.26. The summed E-state index contributed by atoms with van der Waals surface area (Å²) in [5, 5.41) is 14.3. The van der Waals surface area contributed by atoms with Crippen LogP contribution in [0.25, 0.3) is 5.69 Å². The first-order valence-electron chi connectivity index (χ1n) is 8.34. The van der Waals surface area contributed by atoms with Crippen LogP contribution in [0, 0.1) is 0 Å². The minimum absolute atomic E-state index is 0.195. The van der Waals surface area contributed by atoms with Gasteiger partial charge in [0, 0.05) is 48.8 Å². The van der Waals surface area contributed by atoms with Crippen molar-refractivity contribution in [3.05, 3.63) is 60.0 Å². The summed E-state index contributed by atoms with van der Waals surface area (Å²) >= 11 is 0. The Morgan fingerprint density at radius 2 is 2.12 bits per heavy atom. The monoisotopic (exact) mass is 337 g/mol. The zero-order valence-corrected chi connectivity index (χ0v) is 13.7. The number of benzene rings is 1. The number of rotatable bonds is 4. The average molecular weight is 337 g/mol. The van der Waals surface area contributed by atoms with Gasteiger partial charge in [-0.05, 0) is 37.1 Å². The van der Waals surface area contributed by atoms with Crippen molar-refractivity contribution in [2.45, 2.75) is 18.8 Å². The number of aromatic amines is 1. The zero-order chi connectivity index (χ0) is 17.1. The molecule has 3 aromatic rings. The minimum Gasteiger partial charge on any atom is -0.381 e. The van der Waals surface area contributed by atoms with Crippen LogP contribution in [0.15, 0.2) is 48.8 Å². The predicted molar refractivity (Wildman–Crippen MR) is 92.9 cm³/mol. The van der Waals surface area contributed by atoms with Gasteiger partial charge in [0.05, 0.1) is 5.69 Å². The van der Waals surface area contributed by atoms with E-state index < -0.39 is 0 Å². The molecule has 0 spiro atoms. The van der Waals surface area contributed by atoms with Gasteiger partial charge in [-0.3, -0.25) is 9.89 Å². The molecular formula is C18H19N5O2. The summed E-state index contributed by atoms with van der Waals surface area (Å²) in [4.78, 5) is 12.5. The number of amides is 1. The second kappa shape index (κ2) is 6.90. The molecule has 2 N–H and O–H groups in total. The smallest absolute Gasteiger partial charge is 0.256 e. The van der Waals surface area contributed by atoms with E-state index in [1.54, 1.807) is 23.0 Å². The summed E-state index contributed by atoms with van der Waals surface area (Å²) < 4.78 is 7.10. The lowest BCUT2D eigenvalue weighted by atomic mass is 9.97. The third-order valence-electron chi connectivity index (χ3n) is 4.38. The van der Waals surface area contributed by atoms with Gasteiger partial charge in [-0.1, -0.05) is 6.07 Å². The summed E-state index contributed by atoms with van der Waals surface area (Å²) in [6.45, 7) is 1.54. The average Bonchev–Trinajstić information content (AvgIpc) is 3.35. The molecular weight excluding hydrogens is 318 g/mol. The molecule has 2 aromatic heterocycles. The van der Waals surface area contributed by atoms with Gasteiger partial charge in [0.2, 0.25) is 0 Å². The molecule has 0 atom stereocenters. The van der Waals surface area contributed by atoms with Crippen molar-refractivity contribution >= 4 is 11.7 Å². The zero-order valence-electron chi connectivity index (χ0n) is 13.7. The molecule has 1 aromatic carbocycles. The van der Waals surface area contributed by atoms with Crippen molar-refractivity contribution < 1.29 is 9.53 Å². The second-order valence-corrected chi connectivity index (χ2v) is 6.05. The number of aromatic nitrogens is 4. The van der Waals surface area contributed by atoms with Gasteiger partial charge in [-0.15, -0.1) is 0 Å². The molecule has 1 fully saturated rings. The first-order chi connectivity index (χ1) is 12.3. The Morgan fingerprint density at radius 1 is 1.24 bits per heavy atom. The quantitative estimate of drug-likeness (QED) is 0.766. The molecule has 1 aliphatic heterocycles. The summed E-state index contributed by atoms with van der Waals surface area (Å²) in [5.41, 5.74) is 2.44. The fourth-order valence-corrected chi connectivity index (χ4v) is 3.02. The number of ether oxygens (including phenoxy) is 1. The number of nitrogens with zero attached hydrogens (tertiary/aromatic N) is 3. The number of carbonyl (C=O) groups is 1. The summed E-state index contributed by atoms with van der Waals surface area (Å²) in [5.74, 6) is 0.755. The molecule has 1 aliphatic rings. The van der Waals surface area contributed by atoms with E-state index in [2.05, 4.69) is 20.6 Å². The third kappa shape index (κ3) is 3.46. The van der Waals surface area contributed by atoms with Crippen LogP contribution >= 0.6 is 0 Å². The van der Waals surface area contributed by atoms with Gasteiger partial charge < -0.3 is 10.1 Å². The standard InChI is InChI=1S/C18H19N5O2/c24-18(14-3-1-4-15(11-14)23-8-2-7-19-23)20-17-12-16(21-22-17)13-5-9-25-10-6-13/h1-4,7-8,11-13H,5-6,9-10H2,(H2,20,21,22,24). The molecule has 0 aliphatic carbocycles. The number of hydrogen-bond donors (Lipinski definition) is 2. The maximum atomic E-state index is 12.5. The van der Waals surface area contributed by atoms with E-state index in [4.69, 9.17) is 4.74 Å². The minimum atomic E-state index is -0.195. The predicted octanol–water partition coefficient (Wildman–Crippen LogP) is 2.74. The van der Waals surface area contributed by atoms with Crippen LogP contribution in [0.3, 0.4) is 0 Å². The summed E-state index contributed by atoms with van der Waals surface area (Å²) in [6.07, 6.45) is 5.49. The normalized spacial score (nSPS) is 15.2. The number of nitrogens with one attached hydrogen (secondary N) is 2. The van der Waals surface area contributed by atoms with Gasteiger partial charge in [-0.2, -0.15) is 10.2 Å². The van der Waals surface area contributed by atoms with Gasteiger partial charge >= 0.3 is 0 Å². The van der Waals surface area contributed by atoms with E-state index in [0.717, 1.165) is 37.4 Å². The van der Waals surface area contributed by atoms with E-state index in [0.29, 0.717) is 17.3 Å². The van der Waals surface area contributed by atoms with E-state index >= 15 is 0 Å². The fraction of sp³-hybridized carbons (Fsp3) is 0.278. The second-order valence-electron chi connectivity index (χ2n) is 6.05. The third-order valence-corrected chi connectivity index (χ3v) is 4.38. The van der Waals surface area contributed by atoms with Crippen molar-refractivity contribution in [2.75, 3.05) is 18.5 Å². The van der Waals surface area contributed by atoms with Crippen molar-refractivity contribution in [3.63, 3.8) is 0 Å². The lowest BCUT2D eigenvalue weighted by Gasteiger charge is -2.20. The molecule has 1 amide bonds. The van der Waals surface area contributed by atoms with Crippen LogP contribution < -0.4 is 5.32 Å². The lowest BCUT2D eigenvalue weighted by Crippen LogP contribution is -2.14. The number of anilines is 1. The first-order valence-corrected chi connectivity index (χ1v) is 8.34. The van der Waals surface area contributed by atoms with Crippen LogP contribution in [0.1, 0.15) is 34.8 Å². The van der Waals surface area contributed by atoms with Crippen molar-refractivity contribution in [2.24, 2.45) is 0 Å². The molecule has 25 heavy (non-hydrogen) atoms. The van der Waals surface area contributed by atoms with Gasteiger partial charge in [-0.25, -0.2) is 4.68 Å². The van der Waals surface area contributed by atoms with E-state index in [9.17, 15) is 4.79 Å². The van der Waals surface area contributed by atoms with Crippen LogP contribution in [0.2, 0.25) is 0 Å². The molecule has 1 saturated heterocycles. The van der Waals surface area contributed by atoms with Gasteiger partial charge in [0.15, 0.2) is 5.82 Å². The van der Waals surface area contributed by atoms with E-state index in [-0.39, 0.29) is 5.91 Å². The number of hydrogen-bond acceptors (Lipinski definition) is 4. The van der Waals surface area contributed by atoms with Crippen LogP contribution in [0.5, 0.6) is 0 Å². The van der Waals surface area contributed by atoms with Crippen LogP contribution in [0.4, 0.5) is 5.82 Å². The molecule has 0 bridgehead atoms.